The van der Waals surface area contributed by atoms with E-state index in [2.05, 4.69) is 0 Å². The highest BCUT2D eigenvalue weighted by molar-refractivity contribution is 6.14. The zero-order valence-electron chi connectivity index (χ0n) is 11.2. The second-order valence-corrected chi connectivity index (χ2v) is 4.19. The first kappa shape index (κ1) is 16.5. The molecule has 2 amide bonds. The minimum Gasteiger partial charge on any atom is -0.394 e. The van der Waals surface area contributed by atoms with E-state index in [1.54, 1.807) is 0 Å². The van der Waals surface area contributed by atoms with E-state index >= 15 is 0 Å². The molecule has 0 saturated heterocycles. The second-order valence-electron chi connectivity index (χ2n) is 4.19. The van der Waals surface area contributed by atoms with Crippen LogP contribution in [0.4, 0.5) is 0 Å². The van der Waals surface area contributed by atoms with Crippen molar-refractivity contribution in [2.24, 2.45) is 0 Å². The number of rotatable bonds is 11. The maximum Gasteiger partial charge on any atom is 0.254 e. The van der Waals surface area contributed by atoms with Crippen molar-refractivity contribution in [3.8, 4) is 0 Å². The summed E-state index contributed by atoms with van der Waals surface area (Å²) in [6.45, 7) is 1.31. The number of imide groups is 1. The van der Waals surface area contributed by atoms with E-state index in [0.717, 1.165) is 17.1 Å². The molecule has 1 aliphatic heterocycles. The molecule has 0 fully saturated rings. The molecule has 1 heterocycles. The predicted octanol–water partition coefficient (Wildman–Crippen LogP) is -0.714. The molecular formula is C13H19NO6. The van der Waals surface area contributed by atoms with E-state index in [4.69, 9.17) is 14.6 Å². The van der Waals surface area contributed by atoms with Gasteiger partial charge in [-0.15, -0.1) is 0 Å². The number of aliphatic hydroxyl groups is 1. The molecule has 0 aromatic rings. The molecule has 0 saturated carbocycles. The zero-order valence-corrected chi connectivity index (χ0v) is 11.2. The summed E-state index contributed by atoms with van der Waals surface area (Å²) in [6.07, 6.45) is 3.10. The minimum atomic E-state index is -0.444. The number of hydrogen-bond donors (Lipinski definition) is 1. The predicted molar refractivity (Wildman–Crippen MR) is 68.8 cm³/mol. The van der Waals surface area contributed by atoms with Crippen LogP contribution in [-0.4, -0.2) is 67.2 Å². The van der Waals surface area contributed by atoms with Crippen molar-refractivity contribution in [1.82, 2.24) is 4.90 Å². The van der Waals surface area contributed by atoms with Crippen LogP contribution in [0.2, 0.25) is 0 Å². The molecule has 0 aliphatic carbocycles. The lowest BCUT2D eigenvalue weighted by atomic mass is 10.2. The fraction of sp³-hybridized carbons (Fsp3) is 0.615. The van der Waals surface area contributed by atoms with Crippen LogP contribution in [0.1, 0.15) is 12.8 Å². The fourth-order valence-corrected chi connectivity index (χ4v) is 1.60. The van der Waals surface area contributed by atoms with Crippen LogP contribution in [0.5, 0.6) is 0 Å². The molecular weight excluding hydrogens is 266 g/mol. The molecule has 0 aromatic carbocycles. The molecule has 0 aromatic heterocycles. The van der Waals surface area contributed by atoms with Gasteiger partial charge >= 0.3 is 0 Å². The summed E-state index contributed by atoms with van der Waals surface area (Å²) in [5.41, 5.74) is 0. The number of ether oxygens (including phenoxy) is 2. The van der Waals surface area contributed by atoms with Crippen molar-refractivity contribution in [3.05, 3.63) is 12.2 Å². The summed E-state index contributed by atoms with van der Waals surface area (Å²) >= 11 is 0. The van der Waals surface area contributed by atoms with Crippen LogP contribution in [-0.2, 0) is 23.9 Å². The van der Waals surface area contributed by atoms with Gasteiger partial charge in [-0.1, -0.05) is 0 Å². The Morgan fingerprint density at radius 2 is 1.65 bits per heavy atom. The highest BCUT2D eigenvalue weighted by atomic mass is 16.5. The molecule has 0 unspecified atom stereocenters. The summed E-state index contributed by atoms with van der Waals surface area (Å²) < 4.78 is 10.2. The first-order valence-corrected chi connectivity index (χ1v) is 6.46. The van der Waals surface area contributed by atoms with E-state index in [0.29, 0.717) is 26.2 Å². The van der Waals surface area contributed by atoms with E-state index < -0.39 is 11.8 Å². The molecule has 1 aliphatic rings. The van der Waals surface area contributed by atoms with Crippen LogP contribution in [0.15, 0.2) is 12.2 Å². The highest BCUT2D eigenvalue weighted by Gasteiger charge is 2.25. The Hall–Kier alpha value is -1.57. The summed E-state index contributed by atoms with van der Waals surface area (Å²) in [4.78, 5) is 35.0. The number of nitrogens with zero attached hydrogens (tertiary/aromatic N) is 1. The largest absolute Gasteiger partial charge is 0.394 e. The quantitative estimate of drug-likeness (QED) is 0.398. The van der Waals surface area contributed by atoms with Crippen molar-refractivity contribution in [3.63, 3.8) is 0 Å². The monoisotopic (exact) mass is 285 g/mol. The summed E-state index contributed by atoms with van der Waals surface area (Å²) in [7, 11) is 0. The van der Waals surface area contributed by atoms with E-state index in [1.807, 2.05) is 0 Å². The number of amides is 2. The molecule has 0 spiro atoms. The van der Waals surface area contributed by atoms with Gasteiger partial charge in [0.2, 0.25) is 0 Å². The lowest BCUT2D eigenvalue weighted by molar-refractivity contribution is -0.140. The third kappa shape index (κ3) is 6.05. The van der Waals surface area contributed by atoms with Gasteiger partial charge in [-0.05, 0) is 6.42 Å². The standard InChI is InChI=1S/C13H19NO6/c15-5-7-20-9-8-19-6-1-2-11(16)10-14-12(17)3-4-13(14)18/h3-4,15H,1-2,5-10H2. The molecule has 7 nitrogen and oxygen atoms in total. The maximum atomic E-state index is 11.6. The van der Waals surface area contributed by atoms with E-state index in [9.17, 15) is 14.4 Å². The van der Waals surface area contributed by atoms with Crippen LogP contribution >= 0.6 is 0 Å². The molecule has 1 N–H and O–H groups in total. The second kappa shape index (κ2) is 9.35. The average molecular weight is 285 g/mol. The molecule has 0 atom stereocenters. The number of aliphatic hydroxyl groups excluding tert-OH is 1. The maximum absolute atomic E-state index is 11.6. The third-order valence-corrected chi connectivity index (χ3v) is 2.59. The lowest BCUT2D eigenvalue weighted by Gasteiger charge is -2.12. The van der Waals surface area contributed by atoms with Crippen LogP contribution in [0.25, 0.3) is 0 Å². The van der Waals surface area contributed by atoms with Gasteiger partial charge in [0.25, 0.3) is 11.8 Å². The van der Waals surface area contributed by atoms with Gasteiger partial charge in [0.05, 0.1) is 33.0 Å². The van der Waals surface area contributed by atoms with Gasteiger partial charge in [-0.2, -0.15) is 0 Å². The zero-order chi connectivity index (χ0) is 14.8. The Balaban J connectivity index is 2.01. The van der Waals surface area contributed by atoms with Gasteiger partial charge in [0, 0.05) is 25.2 Å². The van der Waals surface area contributed by atoms with Gasteiger partial charge in [-0.25, -0.2) is 0 Å². The minimum absolute atomic E-state index is 0.0166. The van der Waals surface area contributed by atoms with Crippen LogP contribution < -0.4 is 0 Å². The fourth-order valence-electron chi connectivity index (χ4n) is 1.60. The molecule has 0 bridgehead atoms. The van der Waals surface area contributed by atoms with Gasteiger partial charge in [-0.3, -0.25) is 19.3 Å². The normalized spacial score (nSPS) is 14.3. The lowest BCUT2D eigenvalue weighted by Crippen LogP contribution is -2.35. The Labute approximate surface area is 117 Å². The molecule has 20 heavy (non-hydrogen) atoms. The van der Waals surface area contributed by atoms with Gasteiger partial charge in [0.15, 0.2) is 5.78 Å². The number of hydrogen-bond acceptors (Lipinski definition) is 6. The van der Waals surface area contributed by atoms with Gasteiger partial charge in [0.1, 0.15) is 0 Å². The summed E-state index contributed by atoms with van der Waals surface area (Å²) in [6, 6.07) is 0. The van der Waals surface area contributed by atoms with Crippen LogP contribution in [0, 0.1) is 0 Å². The third-order valence-electron chi connectivity index (χ3n) is 2.59. The Kier molecular flexibility index (Phi) is 7.71. The highest BCUT2D eigenvalue weighted by Crippen LogP contribution is 2.04. The molecule has 112 valence electrons. The van der Waals surface area contributed by atoms with E-state index in [1.165, 1.54) is 0 Å². The van der Waals surface area contributed by atoms with Crippen molar-refractivity contribution < 1.29 is 29.0 Å². The SMILES string of the molecule is O=C(CCCOCCOCCO)CN1C(=O)C=CC1=O. The Bertz CT molecular complexity index is 361. The van der Waals surface area contributed by atoms with Gasteiger partial charge < -0.3 is 14.6 Å². The van der Waals surface area contributed by atoms with Crippen molar-refractivity contribution in [1.29, 1.82) is 0 Å². The summed E-state index contributed by atoms with van der Waals surface area (Å²) in [5, 5.41) is 8.46. The Morgan fingerprint density at radius 3 is 2.25 bits per heavy atom. The molecule has 1 rings (SSSR count). The summed E-state index contributed by atoms with van der Waals surface area (Å²) in [5.74, 6) is -1.06. The molecule has 7 heteroatoms. The number of carbonyl (C=O) groups is 3. The van der Waals surface area contributed by atoms with Crippen molar-refractivity contribution in [2.75, 3.05) is 39.6 Å². The number of carbonyl (C=O) groups excluding carboxylic acids is 3. The van der Waals surface area contributed by atoms with E-state index in [-0.39, 0.29) is 32.0 Å². The van der Waals surface area contributed by atoms with Crippen molar-refractivity contribution in [2.45, 2.75) is 12.8 Å². The van der Waals surface area contributed by atoms with Crippen molar-refractivity contribution >= 4 is 17.6 Å². The first-order valence-electron chi connectivity index (χ1n) is 6.46. The van der Waals surface area contributed by atoms with Crippen LogP contribution in [0.3, 0.4) is 0 Å². The Morgan fingerprint density at radius 1 is 1.05 bits per heavy atom. The average Bonchev–Trinajstić information content (AvgIpc) is 2.73. The molecule has 0 radical (unpaired) electrons. The smallest absolute Gasteiger partial charge is 0.254 e. The number of Topliss-reactive ketones (excluding diaryl/α,β-unsaturated/α-hetero) is 1. The topological polar surface area (TPSA) is 93.1 Å². The first-order chi connectivity index (χ1) is 9.65. The number of ketones is 1.